The fraction of sp³-hybridized carbons (Fsp3) is 0.294. The van der Waals surface area contributed by atoms with Gasteiger partial charge in [-0.2, -0.15) is 4.98 Å². The molecule has 2 aliphatic heterocycles. The highest BCUT2D eigenvalue weighted by molar-refractivity contribution is 5.61. The van der Waals surface area contributed by atoms with Crippen molar-refractivity contribution >= 4 is 11.8 Å². The summed E-state index contributed by atoms with van der Waals surface area (Å²) in [6, 6.07) is 11.9. The molecular formula is C17H17N7O. The van der Waals surface area contributed by atoms with E-state index in [4.69, 9.17) is 10.5 Å². The SMILES string of the molecule is Nc1ccnc(N2C[C@@H]3[C@@H](C2)OCc2c(-c4ccccc4)nnn23)n1. The molecule has 5 rings (SSSR count). The highest BCUT2D eigenvalue weighted by Gasteiger charge is 2.41. The zero-order chi connectivity index (χ0) is 16.8. The summed E-state index contributed by atoms with van der Waals surface area (Å²) in [5.74, 6) is 1.09. The van der Waals surface area contributed by atoms with Gasteiger partial charge in [0.1, 0.15) is 11.5 Å². The van der Waals surface area contributed by atoms with E-state index in [1.807, 2.05) is 35.0 Å². The molecule has 0 spiro atoms. The Balaban J connectivity index is 1.47. The second kappa shape index (κ2) is 5.52. The second-order valence-corrected chi connectivity index (χ2v) is 6.30. The smallest absolute Gasteiger partial charge is 0.227 e. The Morgan fingerprint density at radius 1 is 1.12 bits per heavy atom. The molecule has 4 heterocycles. The van der Waals surface area contributed by atoms with Gasteiger partial charge in [-0.15, -0.1) is 5.10 Å². The maximum absolute atomic E-state index is 6.10. The minimum Gasteiger partial charge on any atom is -0.384 e. The lowest BCUT2D eigenvalue weighted by molar-refractivity contribution is -0.00227. The monoisotopic (exact) mass is 335 g/mol. The molecule has 0 unspecified atom stereocenters. The largest absolute Gasteiger partial charge is 0.384 e. The maximum Gasteiger partial charge on any atom is 0.227 e. The lowest BCUT2D eigenvalue weighted by Gasteiger charge is -2.26. The molecule has 2 N–H and O–H groups in total. The highest BCUT2D eigenvalue weighted by atomic mass is 16.5. The number of nitrogens with two attached hydrogens (primary N) is 1. The Morgan fingerprint density at radius 2 is 2.00 bits per heavy atom. The number of fused-ring (bicyclic) bond motifs is 3. The van der Waals surface area contributed by atoms with Gasteiger partial charge in [0.25, 0.3) is 0 Å². The zero-order valence-corrected chi connectivity index (χ0v) is 13.5. The molecule has 2 atom stereocenters. The van der Waals surface area contributed by atoms with E-state index in [2.05, 4.69) is 25.2 Å². The molecule has 1 aromatic carbocycles. The van der Waals surface area contributed by atoms with E-state index in [1.165, 1.54) is 0 Å². The first kappa shape index (κ1) is 14.4. The molecular weight excluding hydrogens is 318 g/mol. The highest BCUT2D eigenvalue weighted by Crippen LogP contribution is 2.35. The second-order valence-electron chi connectivity index (χ2n) is 6.30. The fourth-order valence-corrected chi connectivity index (χ4v) is 3.55. The minimum atomic E-state index is 0.0443. The molecule has 25 heavy (non-hydrogen) atoms. The number of hydrogen-bond donors (Lipinski definition) is 1. The molecule has 0 bridgehead atoms. The Labute approximate surface area is 144 Å². The van der Waals surface area contributed by atoms with Gasteiger partial charge in [0.2, 0.25) is 5.95 Å². The Hall–Kier alpha value is -3.00. The van der Waals surface area contributed by atoms with Gasteiger partial charge in [-0.05, 0) is 6.07 Å². The summed E-state index contributed by atoms with van der Waals surface area (Å²) in [5.41, 5.74) is 8.74. The molecule has 0 saturated carbocycles. The third kappa shape index (κ3) is 2.33. The number of nitrogen functional groups attached to an aromatic ring is 1. The van der Waals surface area contributed by atoms with E-state index in [9.17, 15) is 0 Å². The molecule has 2 aromatic heterocycles. The van der Waals surface area contributed by atoms with Crippen LogP contribution in [0.25, 0.3) is 11.3 Å². The number of hydrogen-bond acceptors (Lipinski definition) is 7. The van der Waals surface area contributed by atoms with Crippen molar-refractivity contribution in [1.82, 2.24) is 25.0 Å². The number of nitrogens with zero attached hydrogens (tertiary/aromatic N) is 6. The molecule has 126 valence electrons. The Morgan fingerprint density at radius 3 is 2.84 bits per heavy atom. The van der Waals surface area contributed by atoms with Gasteiger partial charge in [0.15, 0.2) is 0 Å². The van der Waals surface area contributed by atoms with Gasteiger partial charge in [-0.25, -0.2) is 9.67 Å². The van der Waals surface area contributed by atoms with Crippen molar-refractivity contribution in [3.05, 3.63) is 48.3 Å². The van der Waals surface area contributed by atoms with Crippen molar-refractivity contribution in [2.75, 3.05) is 23.7 Å². The van der Waals surface area contributed by atoms with Crippen LogP contribution in [0, 0.1) is 0 Å². The van der Waals surface area contributed by atoms with E-state index < -0.39 is 0 Å². The zero-order valence-electron chi connectivity index (χ0n) is 13.5. The van der Waals surface area contributed by atoms with Crippen LogP contribution < -0.4 is 10.6 Å². The van der Waals surface area contributed by atoms with Crippen LogP contribution in [0.3, 0.4) is 0 Å². The first-order valence-corrected chi connectivity index (χ1v) is 8.24. The van der Waals surface area contributed by atoms with Crippen LogP contribution in [0.5, 0.6) is 0 Å². The van der Waals surface area contributed by atoms with Gasteiger partial charge >= 0.3 is 0 Å². The van der Waals surface area contributed by atoms with E-state index in [1.54, 1.807) is 12.3 Å². The maximum atomic E-state index is 6.10. The average Bonchev–Trinajstić information content (AvgIpc) is 3.26. The van der Waals surface area contributed by atoms with Crippen molar-refractivity contribution in [1.29, 1.82) is 0 Å². The summed E-state index contributed by atoms with van der Waals surface area (Å²) in [4.78, 5) is 10.7. The third-order valence-electron chi connectivity index (χ3n) is 4.77. The number of ether oxygens (including phenoxy) is 1. The van der Waals surface area contributed by atoms with Crippen molar-refractivity contribution in [3.63, 3.8) is 0 Å². The summed E-state index contributed by atoms with van der Waals surface area (Å²) < 4.78 is 8.10. The standard InChI is InChI=1S/C17H17N7O/c18-15-6-7-19-17(20-15)23-8-12-14(9-23)25-10-13-16(21-22-24(12)13)11-4-2-1-3-5-11/h1-7,12,14H,8-10H2,(H2,18,19,20)/t12-,14-/m1/s1. The summed E-state index contributed by atoms with van der Waals surface area (Å²) in [6.45, 7) is 1.94. The van der Waals surface area contributed by atoms with Gasteiger partial charge in [0, 0.05) is 24.8 Å². The van der Waals surface area contributed by atoms with Crippen LogP contribution in [0.1, 0.15) is 11.7 Å². The molecule has 0 aliphatic carbocycles. The summed E-state index contributed by atoms with van der Waals surface area (Å²) in [6.07, 6.45) is 1.72. The molecule has 1 fully saturated rings. The van der Waals surface area contributed by atoms with Crippen LogP contribution in [-0.4, -0.2) is 44.2 Å². The van der Waals surface area contributed by atoms with E-state index >= 15 is 0 Å². The number of anilines is 2. The molecule has 1 saturated heterocycles. The van der Waals surface area contributed by atoms with Crippen molar-refractivity contribution in [3.8, 4) is 11.3 Å². The topological polar surface area (TPSA) is 95.0 Å². The summed E-state index contributed by atoms with van der Waals surface area (Å²) in [5, 5.41) is 8.82. The normalized spacial score (nSPS) is 21.8. The van der Waals surface area contributed by atoms with Crippen LogP contribution in [-0.2, 0) is 11.3 Å². The van der Waals surface area contributed by atoms with E-state index in [0.29, 0.717) is 24.9 Å². The fourth-order valence-electron chi connectivity index (χ4n) is 3.55. The number of benzene rings is 1. The first-order chi connectivity index (χ1) is 12.3. The molecule has 8 nitrogen and oxygen atoms in total. The van der Waals surface area contributed by atoms with Crippen LogP contribution >= 0.6 is 0 Å². The van der Waals surface area contributed by atoms with Crippen molar-refractivity contribution in [2.45, 2.75) is 18.8 Å². The van der Waals surface area contributed by atoms with Crippen LogP contribution in [0.2, 0.25) is 0 Å². The van der Waals surface area contributed by atoms with Gasteiger partial charge in [0.05, 0.1) is 24.4 Å². The lowest BCUT2D eigenvalue weighted by atomic mass is 10.1. The summed E-state index contributed by atoms with van der Waals surface area (Å²) >= 11 is 0. The van der Waals surface area contributed by atoms with E-state index in [0.717, 1.165) is 23.5 Å². The average molecular weight is 335 g/mol. The third-order valence-corrected chi connectivity index (χ3v) is 4.77. The van der Waals surface area contributed by atoms with Gasteiger partial charge in [-0.3, -0.25) is 0 Å². The van der Waals surface area contributed by atoms with Crippen LogP contribution in [0.15, 0.2) is 42.6 Å². The Kier molecular flexibility index (Phi) is 3.17. The van der Waals surface area contributed by atoms with Gasteiger partial charge < -0.3 is 15.4 Å². The molecule has 0 amide bonds. The predicted octanol–water partition coefficient (Wildman–Crippen LogP) is 1.28. The lowest BCUT2D eigenvalue weighted by Crippen LogP contribution is -2.32. The van der Waals surface area contributed by atoms with Crippen LogP contribution in [0.4, 0.5) is 11.8 Å². The predicted molar refractivity (Wildman–Crippen MR) is 91.7 cm³/mol. The number of rotatable bonds is 2. The quantitative estimate of drug-likeness (QED) is 0.753. The first-order valence-electron chi connectivity index (χ1n) is 8.24. The molecule has 3 aromatic rings. The van der Waals surface area contributed by atoms with E-state index in [-0.39, 0.29) is 12.1 Å². The minimum absolute atomic E-state index is 0.0443. The molecule has 8 heteroatoms. The molecule has 0 radical (unpaired) electrons. The summed E-state index contributed by atoms with van der Waals surface area (Å²) in [7, 11) is 0. The molecule has 2 aliphatic rings. The Bertz CT molecular complexity index is 910. The number of aromatic nitrogens is 5. The van der Waals surface area contributed by atoms with Gasteiger partial charge in [-0.1, -0.05) is 35.5 Å². The van der Waals surface area contributed by atoms with Crippen molar-refractivity contribution < 1.29 is 4.74 Å². The van der Waals surface area contributed by atoms with Crippen molar-refractivity contribution in [2.24, 2.45) is 0 Å².